The summed E-state index contributed by atoms with van der Waals surface area (Å²) in [6.45, 7) is 1.85. The Morgan fingerprint density at radius 1 is 1.24 bits per heavy atom. The van der Waals surface area contributed by atoms with Crippen LogP contribution in [-0.4, -0.2) is 20.2 Å². The third kappa shape index (κ3) is 2.34. The van der Waals surface area contributed by atoms with Gasteiger partial charge in [0.2, 0.25) is 0 Å². The first-order valence-electron chi connectivity index (χ1n) is 6.17. The number of nitrogen functional groups attached to an aromatic ring is 1. The fourth-order valence-corrected chi connectivity index (χ4v) is 2.23. The van der Waals surface area contributed by atoms with Crippen LogP contribution < -0.4 is 5.73 Å². The molecule has 106 valence electrons. The summed E-state index contributed by atoms with van der Waals surface area (Å²) in [5, 5.41) is 12.0. The molecular weight excluding hydrogens is 293 g/mol. The van der Waals surface area contributed by atoms with Crippen LogP contribution in [0.25, 0.3) is 17.1 Å². The predicted octanol–water partition coefficient (Wildman–Crippen LogP) is 3.01. The van der Waals surface area contributed by atoms with Crippen LogP contribution in [0.15, 0.2) is 36.4 Å². The van der Waals surface area contributed by atoms with E-state index in [-0.39, 0.29) is 5.82 Å². The molecule has 5 nitrogen and oxygen atoms in total. The second kappa shape index (κ2) is 5.14. The molecule has 0 radical (unpaired) electrons. The molecule has 0 spiro atoms. The van der Waals surface area contributed by atoms with E-state index in [9.17, 15) is 4.39 Å². The first-order chi connectivity index (χ1) is 10.1. The van der Waals surface area contributed by atoms with Gasteiger partial charge in [-0.15, -0.1) is 5.10 Å². The van der Waals surface area contributed by atoms with Gasteiger partial charge >= 0.3 is 0 Å². The van der Waals surface area contributed by atoms with Crippen LogP contribution in [0.3, 0.4) is 0 Å². The van der Waals surface area contributed by atoms with Crippen molar-refractivity contribution in [3.05, 3.63) is 52.8 Å². The number of hydrogen-bond donors (Lipinski definition) is 1. The second-order valence-electron chi connectivity index (χ2n) is 4.55. The zero-order chi connectivity index (χ0) is 15.0. The Hall–Kier alpha value is -2.47. The number of anilines is 1. The third-order valence-corrected chi connectivity index (χ3v) is 3.49. The van der Waals surface area contributed by atoms with E-state index in [2.05, 4.69) is 15.5 Å². The summed E-state index contributed by atoms with van der Waals surface area (Å²) >= 11 is 6.02. The molecular formula is C14H11ClFN5. The van der Waals surface area contributed by atoms with Crippen molar-refractivity contribution in [2.24, 2.45) is 0 Å². The van der Waals surface area contributed by atoms with Gasteiger partial charge in [-0.3, -0.25) is 0 Å². The van der Waals surface area contributed by atoms with Gasteiger partial charge in [0, 0.05) is 5.56 Å². The molecule has 0 aliphatic heterocycles. The average Bonchev–Trinajstić information content (AvgIpc) is 2.93. The first kappa shape index (κ1) is 13.5. The topological polar surface area (TPSA) is 69.6 Å². The zero-order valence-electron chi connectivity index (χ0n) is 11.1. The van der Waals surface area contributed by atoms with E-state index in [0.29, 0.717) is 27.8 Å². The van der Waals surface area contributed by atoms with Gasteiger partial charge in [-0.1, -0.05) is 23.7 Å². The monoisotopic (exact) mass is 303 g/mol. The minimum atomic E-state index is -0.365. The van der Waals surface area contributed by atoms with Crippen molar-refractivity contribution in [3.63, 3.8) is 0 Å². The number of rotatable bonds is 2. The lowest BCUT2D eigenvalue weighted by atomic mass is 10.1. The molecule has 0 fully saturated rings. The van der Waals surface area contributed by atoms with E-state index in [4.69, 9.17) is 17.3 Å². The third-order valence-electron chi connectivity index (χ3n) is 3.16. The van der Waals surface area contributed by atoms with Crippen molar-refractivity contribution < 1.29 is 4.39 Å². The van der Waals surface area contributed by atoms with Gasteiger partial charge in [-0.2, -0.15) is 4.68 Å². The molecule has 0 aliphatic carbocycles. The van der Waals surface area contributed by atoms with Crippen LogP contribution in [0.2, 0.25) is 5.02 Å². The maximum Gasteiger partial charge on any atom is 0.189 e. The highest BCUT2D eigenvalue weighted by molar-refractivity contribution is 6.33. The second-order valence-corrected chi connectivity index (χ2v) is 4.95. The summed E-state index contributed by atoms with van der Waals surface area (Å²) in [5.41, 5.74) is 8.34. The average molecular weight is 304 g/mol. The molecule has 0 saturated carbocycles. The Morgan fingerprint density at radius 3 is 2.86 bits per heavy atom. The lowest BCUT2D eigenvalue weighted by Crippen LogP contribution is -2.04. The predicted molar refractivity (Wildman–Crippen MR) is 78.7 cm³/mol. The molecule has 1 aromatic heterocycles. The Labute approximate surface area is 125 Å². The molecule has 0 aliphatic rings. The van der Waals surface area contributed by atoms with Crippen LogP contribution in [0, 0.1) is 12.7 Å². The van der Waals surface area contributed by atoms with Gasteiger partial charge < -0.3 is 5.73 Å². The number of benzene rings is 2. The van der Waals surface area contributed by atoms with E-state index in [1.807, 2.05) is 6.92 Å². The minimum absolute atomic E-state index is 0.365. The van der Waals surface area contributed by atoms with Crippen molar-refractivity contribution in [1.29, 1.82) is 0 Å². The van der Waals surface area contributed by atoms with Crippen molar-refractivity contribution in [3.8, 4) is 17.1 Å². The fraction of sp³-hybridized carbons (Fsp3) is 0.0714. The van der Waals surface area contributed by atoms with E-state index >= 15 is 0 Å². The van der Waals surface area contributed by atoms with Crippen molar-refractivity contribution in [2.45, 2.75) is 6.92 Å². The van der Waals surface area contributed by atoms with E-state index in [0.717, 1.165) is 5.56 Å². The highest BCUT2D eigenvalue weighted by atomic mass is 35.5. The number of tetrazole rings is 1. The van der Waals surface area contributed by atoms with Crippen LogP contribution in [0.1, 0.15) is 5.56 Å². The van der Waals surface area contributed by atoms with Gasteiger partial charge in [0.15, 0.2) is 5.82 Å². The number of aromatic nitrogens is 4. The molecule has 3 aromatic rings. The molecule has 7 heteroatoms. The van der Waals surface area contributed by atoms with E-state index < -0.39 is 0 Å². The molecule has 2 aromatic carbocycles. The van der Waals surface area contributed by atoms with Crippen LogP contribution >= 0.6 is 11.6 Å². The maximum absolute atomic E-state index is 13.5. The summed E-state index contributed by atoms with van der Waals surface area (Å²) in [6.07, 6.45) is 0. The lowest BCUT2D eigenvalue weighted by molar-refractivity contribution is 0.624. The molecule has 2 N–H and O–H groups in total. The SMILES string of the molecule is Cc1ccc(F)cc1-n1nnnc1-c1cccc(Cl)c1N. The normalized spacial score (nSPS) is 10.8. The molecule has 0 saturated heterocycles. The zero-order valence-corrected chi connectivity index (χ0v) is 11.8. The number of aryl methyl sites for hydroxylation is 1. The van der Waals surface area contributed by atoms with E-state index in [1.54, 1.807) is 24.3 Å². The van der Waals surface area contributed by atoms with Crippen LogP contribution in [0.5, 0.6) is 0 Å². The number of nitrogens with two attached hydrogens (primary N) is 1. The first-order valence-corrected chi connectivity index (χ1v) is 6.55. The smallest absolute Gasteiger partial charge is 0.189 e. The quantitative estimate of drug-likeness (QED) is 0.739. The number of nitrogens with zero attached hydrogens (tertiary/aromatic N) is 4. The van der Waals surface area contributed by atoms with Crippen molar-refractivity contribution in [2.75, 3.05) is 5.73 Å². The van der Waals surface area contributed by atoms with Gasteiger partial charge in [-0.25, -0.2) is 4.39 Å². The van der Waals surface area contributed by atoms with Crippen molar-refractivity contribution in [1.82, 2.24) is 20.2 Å². The largest absolute Gasteiger partial charge is 0.397 e. The number of hydrogen-bond acceptors (Lipinski definition) is 4. The Balaban J connectivity index is 2.22. The van der Waals surface area contributed by atoms with Crippen LogP contribution in [0.4, 0.5) is 10.1 Å². The van der Waals surface area contributed by atoms with Gasteiger partial charge in [0.25, 0.3) is 0 Å². The minimum Gasteiger partial charge on any atom is -0.397 e. The number of halogens is 2. The van der Waals surface area contributed by atoms with Gasteiger partial charge in [0.05, 0.1) is 16.4 Å². The van der Waals surface area contributed by atoms with Gasteiger partial charge in [-0.05, 0) is 47.2 Å². The maximum atomic E-state index is 13.5. The highest BCUT2D eigenvalue weighted by Gasteiger charge is 2.16. The Bertz CT molecular complexity index is 798. The molecule has 3 rings (SSSR count). The van der Waals surface area contributed by atoms with E-state index in [1.165, 1.54) is 16.8 Å². The summed E-state index contributed by atoms with van der Waals surface area (Å²) < 4.78 is 14.9. The number of para-hydroxylation sites is 1. The molecule has 0 amide bonds. The standard InChI is InChI=1S/C14H11ClFN5/c1-8-5-6-9(16)7-12(8)21-14(18-19-20-21)10-3-2-4-11(15)13(10)17/h2-7H,17H2,1H3. The molecule has 0 bridgehead atoms. The summed E-state index contributed by atoms with van der Waals surface area (Å²) in [5.74, 6) is 0.0415. The van der Waals surface area contributed by atoms with Crippen LogP contribution in [-0.2, 0) is 0 Å². The molecule has 21 heavy (non-hydrogen) atoms. The highest BCUT2D eigenvalue weighted by Crippen LogP contribution is 2.31. The molecule has 0 unspecified atom stereocenters. The Kier molecular flexibility index (Phi) is 3.31. The summed E-state index contributed by atoms with van der Waals surface area (Å²) in [6, 6.07) is 9.62. The lowest BCUT2D eigenvalue weighted by Gasteiger charge is -2.10. The van der Waals surface area contributed by atoms with Gasteiger partial charge in [0.1, 0.15) is 5.82 Å². The Morgan fingerprint density at radius 2 is 2.05 bits per heavy atom. The van der Waals surface area contributed by atoms with Crippen molar-refractivity contribution >= 4 is 17.3 Å². The summed E-state index contributed by atoms with van der Waals surface area (Å²) in [7, 11) is 0. The molecule has 0 atom stereocenters. The molecule has 1 heterocycles. The summed E-state index contributed by atoms with van der Waals surface area (Å²) in [4.78, 5) is 0. The fourth-order valence-electron chi connectivity index (χ4n) is 2.06.